The Morgan fingerprint density at radius 1 is 1.43 bits per heavy atom. The lowest BCUT2D eigenvalue weighted by Crippen LogP contribution is -2.39. The molecular weight excluding hydrogens is 294 g/mol. The molecule has 0 bridgehead atoms. The number of aromatic nitrogens is 2. The van der Waals surface area contributed by atoms with Crippen LogP contribution in [0.2, 0.25) is 0 Å². The van der Waals surface area contributed by atoms with E-state index in [4.69, 9.17) is 5.11 Å². The number of rotatable bonds is 5. The van der Waals surface area contributed by atoms with Crippen LogP contribution in [0.4, 0.5) is 0 Å². The average molecular weight is 315 g/mol. The minimum absolute atomic E-state index is 0.00928. The molecule has 2 N–H and O–H groups in total. The van der Waals surface area contributed by atoms with E-state index in [1.165, 1.54) is 12.4 Å². The van der Waals surface area contributed by atoms with Gasteiger partial charge in [0.1, 0.15) is 11.4 Å². The number of nitrogens with one attached hydrogen (secondary N) is 1. The van der Waals surface area contributed by atoms with Crippen molar-refractivity contribution in [3.05, 3.63) is 12.4 Å². The fourth-order valence-electron chi connectivity index (χ4n) is 2.65. The zero-order chi connectivity index (χ0) is 15.6. The molecule has 8 heteroatoms. The molecule has 1 heterocycles. The van der Waals surface area contributed by atoms with Gasteiger partial charge in [-0.1, -0.05) is 13.8 Å². The maximum Gasteiger partial charge on any atom is 0.325 e. The van der Waals surface area contributed by atoms with E-state index in [2.05, 4.69) is 23.7 Å². The average Bonchev–Trinajstić information content (AvgIpc) is 2.82. The molecule has 21 heavy (non-hydrogen) atoms. The Balaban J connectivity index is 2.04. The number of sulfonamides is 1. The lowest BCUT2D eigenvalue weighted by molar-refractivity contribution is -0.137. The van der Waals surface area contributed by atoms with Gasteiger partial charge in [-0.2, -0.15) is 5.10 Å². The Morgan fingerprint density at radius 2 is 2.14 bits per heavy atom. The minimum atomic E-state index is -3.64. The van der Waals surface area contributed by atoms with E-state index in [1.807, 2.05) is 0 Å². The number of carbonyl (C=O) groups is 1. The van der Waals surface area contributed by atoms with Crippen molar-refractivity contribution in [1.82, 2.24) is 14.5 Å². The van der Waals surface area contributed by atoms with E-state index in [0.717, 1.165) is 23.9 Å². The molecular formula is C13H21N3O4S. The SMILES string of the molecule is CC1CCC(NS(=O)(=O)c2cnn(CC(=O)O)c2)CC1C. The largest absolute Gasteiger partial charge is 0.480 e. The Morgan fingerprint density at radius 3 is 2.76 bits per heavy atom. The maximum atomic E-state index is 12.3. The van der Waals surface area contributed by atoms with Crippen LogP contribution >= 0.6 is 0 Å². The van der Waals surface area contributed by atoms with Crippen LogP contribution in [0.3, 0.4) is 0 Å². The van der Waals surface area contributed by atoms with Gasteiger partial charge in [-0.25, -0.2) is 13.1 Å². The first kappa shape index (κ1) is 16.0. The Kier molecular flexibility index (Phi) is 4.67. The van der Waals surface area contributed by atoms with Gasteiger partial charge in [-0.05, 0) is 31.1 Å². The van der Waals surface area contributed by atoms with Crippen LogP contribution in [-0.2, 0) is 21.4 Å². The predicted molar refractivity (Wildman–Crippen MR) is 76.2 cm³/mol. The summed E-state index contributed by atoms with van der Waals surface area (Å²) >= 11 is 0. The molecule has 1 aromatic rings. The van der Waals surface area contributed by atoms with E-state index >= 15 is 0 Å². The van der Waals surface area contributed by atoms with Crippen LogP contribution in [0.1, 0.15) is 33.1 Å². The van der Waals surface area contributed by atoms with Crippen LogP contribution in [0.15, 0.2) is 17.3 Å². The van der Waals surface area contributed by atoms with Gasteiger partial charge in [0, 0.05) is 12.2 Å². The number of hydrogen-bond acceptors (Lipinski definition) is 4. The number of aliphatic carboxylic acids is 1. The van der Waals surface area contributed by atoms with Gasteiger partial charge in [0.2, 0.25) is 10.0 Å². The summed E-state index contributed by atoms with van der Waals surface area (Å²) in [5.74, 6) is 0.0374. The highest BCUT2D eigenvalue weighted by atomic mass is 32.2. The van der Waals surface area contributed by atoms with E-state index in [-0.39, 0.29) is 17.5 Å². The molecule has 0 saturated heterocycles. The molecule has 118 valence electrons. The summed E-state index contributed by atoms with van der Waals surface area (Å²) in [4.78, 5) is 10.6. The van der Waals surface area contributed by atoms with Crippen LogP contribution in [0.25, 0.3) is 0 Å². The van der Waals surface area contributed by atoms with Crippen molar-refractivity contribution in [3.8, 4) is 0 Å². The molecule has 1 saturated carbocycles. The van der Waals surface area contributed by atoms with Gasteiger partial charge >= 0.3 is 5.97 Å². The van der Waals surface area contributed by atoms with E-state index in [0.29, 0.717) is 11.8 Å². The maximum absolute atomic E-state index is 12.3. The zero-order valence-electron chi connectivity index (χ0n) is 12.2. The summed E-state index contributed by atoms with van der Waals surface area (Å²) in [6.45, 7) is 3.97. The smallest absolute Gasteiger partial charge is 0.325 e. The monoisotopic (exact) mass is 315 g/mol. The van der Waals surface area contributed by atoms with Crippen molar-refractivity contribution in [2.75, 3.05) is 0 Å². The molecule has 3 atom stereocenters. The minimum Gasteiger partial charge on any atom is -0.480 e. The lowest BCUT2D eigenvalue weighted by atomic mass is 9.79. The first-order valence-corrected chi connectivity index (χ1v) is 8.53. The summed E-state index contributed by atoms with van der Waals surface area (Å²) in [6, 6.07) is -0.0657. The number of hydrogen-bond donors (Lipinski definition) is 2. The Labute approximate surface area is 124 Å². The number of nitrogens with zero attached hydrogens (tertiary/aromatic N) is 2. The van der Waals surface area contributed by atoms with Gasteiger partial charge in [-0.3, -0.25) is 9.48 Å². The molecule has 7 nitrogen and oxygen atoms in total. The van der Waals surface area contributed by atoms with Crippen molar-refractivity contribution in [2.24, 2.45) is 11.8 Å². The molecule has 1 aliphatic carbocycles. The first-order valence-electron chi connectivity index (χ1n) is 7.04. The molecule has 1 fully saturated rings. The number of carboxylic acid groups (broad SMARTS) is 1. The molecule has 1 aliphatic rings. The predicted octanol–water partition coefficient (Wildman–Crippen LogP) is 1.07. The van der Waals surface area contributed by atoms with Gasteiger partial charge in [0.25, 0.3) is 0 Å². The summed E-state index contributed by atoms with van der Waals surface area (Å²) < 4.78 is 28.4. The molecule has 0 amide bonds. The van der Waals surface area contributed by atoms with Crippen molar-refractivity contribution >= 4 is 16.0 Å². The standard InChI is InChI=1S/C13H21N3O4S/c1-9-3-4-11(5-10(9)2)15-21(19,20)12-6-14-16(7-12)8-13(17)18/h6-7,9-11,15H,3-5,8H2,1-2H3,(H,17,18). The van der Waals surface area contributed by atoms with Crippen molar-refractivity contribution in [3.63, 3.8) is 0 Å². The second kappa shape index (κ2) is 6.15. The zero-order valence-corrected chi connectivity index (χ0v) is 13.0. The Hall–Kier alpha value is -1.41. The second-order valence-electron chi connectivity index (χ2n) is 5.85. The van der Waals surface area contributed by atoms with Gasteiger partial charge in [0.15, 0.2) is 0 Å². The Bertz CT molecular complexity index is 611. The van der Waals surface area contributed by atoms with Crippen molar-refractivity contribution < 1.29 is 18.3 Å². The van der Waals surface area contributed by atoms with Crippen molar-refractivity contribution in [2.45, 2.75) is 50.6 Å². The number of carboxylic acids is 1. The third kappa shape index (κ3) is 4.04. The highest BCUT2D eigenvalue weighted by Gasteiger charge is 2.28. The molecule has 0 radical (unpaired) electrons. The van der Waals surface area contributed by atoms with Gasteiger partial charge in [0.05, 0.1) is 6.20 Å². The van der Waals surface area contributed by atoms with E-state index < -0.39 is 16.0 Å². The van der Waals surface area contributed by atoms with Gasteiger partial charge < -0.3 is 5.11 Å². The summed E-state index contributed by atoms with van der Waals surface area (Å²) in [5.41, 5.74) is 0. The van der Waals surface area contributed by atoms with Crippen LogP contribution in [0, 0.1) is 11.8 Å². The summed E-state index contributed by atoms with van der Waals surface area (Å²) in [7, 11) is -3.64. The lowest BCUT2D eigenvalue weighted by Gasteiger charge is -2.32. The molecule has 2 rings (SSSR count). The molecule has 3 unspecified atom stereocenters. The third-order valence-corrected chi connectivity index (χ3v) is 5.61. The fourth-order valence-corrected chi connectivity index (χ4v) is 3.89. The summed E-state index contributed by atoms with van der Waals surface area (Å²) in [5, 5.41) is 12.4. The second-order valence-corrected chi connectivity index (χ2v) is 7.57. The molecule has 0 aliphatic heterocycles. The van der Waals surface area contributed by atoms with Crippen LogP contribution in [-0.4, -0.2) is 35.3 Å². The highest BCUT2D eigenvalue weighted by Crippen LogP contribution is 2.30. The van der Waals surface area contributed by atoms with E-state index in [9.17, 15) is 13.2 Å². The first-order chi connectivity index (χ1) is 9.78. The van der Waals surface area contributed by atoms with E-state index in [1.54, 1.807) is 0 Å². The molecule has 0 aromatic carbocycles. The van der Waals surface area contributed by atoms with Crippen LogP contribution in [0.5, 0.6) is 0 Å². The quantitative estimate of drug-likeness (QED) is 0.846. The van der Waals surface area contributed by atoms with Crippen LogP contribution < -0.4 is 4.72 Å². The summed E-state index contributed by atoms with van der Waals surface area (Å²) in [6.07, 6.45) is 5.08. The van der Waals surface area contributed by atoms with Gasteiger partial charge in [-0.15, -0.1) is 0 Å². The fraction of sp³-hybridized carbons (Fsp3) is 0.692. The third-order valence-electron chi connectivity index (χ3n) is 4.14. The highest BCUT2D eigenvalue weighted by molar-refractivity contribution is 7.89. The topological polar surface area (TPSA) is 101 Å². The molecule has 1 aromatic heterocycles. The normalized spacial score (nSPS) is 26.7. The molecule has 0 spiro atoms. The van der Waals surface area contributed by atoms with Crippen molar-refractivity contribution in [1.29, 1.82) is 0 Å².